The smallest absolute Gasteiger partial charge is 0.272 e. The standard InChI is InChI=1S/C29H43N5O3/c1-20-26(31-19-32-27(20)30-17-21-7-9-22(10-8-21)29(2,3)4)28(35)34-14-11-23(12-15-34)33(5)24-13-16-37-18-25(24)36-6/h7-10,19,23-25H,11-18H2,1-6H3,(H,30,31,32)/t24-,25+/m0/s1. The van der Waals surface area contributed by atoms with Crippen LogP contribution < -0.4 is 5.32 Å². The molecule has 2 aliphatic rings. The maximum atomic E-state index is 13.4. The lowest BCUT2D eigenvalue weighted by atomic mass is 9.87. The Morgan fingerprint density at radius 2 is 1.86 bits per heavy atom. The summed E-state index contributed by atoms with van der Waals surface area (Å²) >= 11 is 0. The zero-order valence-corrected chi connectivity index (χ0v) is 23.3. The largest absolute Gasteiger partial charge is 0.379 e. The van der Waals surface area contributed by atoms with Crippen LogP contribution in [0.3, 0.4) is 0 Å². The number of likely N-dealkylation sites (tertiary alicyclic amines) is 1. The van der Waals surface area contributed by atoms with Gasteiger partial charge in [-0.05, 0) is 49.8 Å². The summed E-state index contributed by atoms with van der Waals surface area (Å²) in [6, 6.07) is 9.43. The maximum Gasteiger partial charge on any atom is 0.272 e. The van der Waals surface area contributed by atoms with Crippen LogP contribution in [-0.2, 0) is 21.4 Å². The molecule has 0 aliphatic carbocycles. The van der Waals surface area contributed by atoms with Gasteiger partial charge in [-0.1, -0.05) is 45.0 Å². The lowest BCUT2D eigenvalue weighted by Crippen LogP contribution is -2.54. The van der Waals surface area contributed by atoms with Crippen molar-refractivity contribution in [2.75, 3.05) is 45.8 Å². The van der Waals surface area contributed by atoms with Gasteiger partial charge in [-0.3, -0.25) is 9.69 Å². The fraction of sp³-hybridized carbons (Fsp3) is 0.621. The van der Waals surface area contributed by atoms with E-state index in [2.05, 4.69) is 72.3 Å². The number of aromatic nitrogens is 2. The second-order valence-electron chi connectivity index (χ2n) is 11.4. The molecule has 1 amide bonds. The van der Waals surface area contributed by atoms with E-state index in [-0.39, 0.29) is 17.4 Å². The predicted octanol–water partition coefficient (Wildman–Crippen LogP) is 4.03. The Kier molecular flexibility index (Phi) is 8.82. The van der Waals surface area contributed by atoms with Gasteiger partial charge in [0.15, 0.2) is 0 Å². The minimum absolute atomic E-state index is 0.0144. The molecule has 0 saturated carbocycles. The molecule has 8 heteroatoms. The van der Waals surface area contributed by atoms with Crippen LogP contribution in [0.15, 0.2) is 30.6 Å². The zero-order chi connectivity index (χ0) is 26.6. The van der Waals surface area contributed by atoms with E-state index >= 15 is 0 Å². The summed E-state index contributed by atoms with van der Waals surface area (Å²) in [5.41, 5.74) is 3.89. The lowest BCUT2D eigenvalue weighted by Gasteiger charge is -2.44. The number of piperidine rings is 1. The molecule has 2 saturated heterocycles. The topological polar surface area (TPSA) is 79.8 Å². The van der Waals surface area contributed by atoms with Crippen LogP contribution in [0.25, 0.3) is 0 Å². The molecule has 8 nitrogen and oxygen atoms in total. The predicted molar refractivity (Wildman–Crippen MR) is 146 cm³/mol. The van der Waals surface area contributed by atoms with Crippen molar-refractivity contribution < 1.29 is 14.3 Å². The first kappa shape index (κ1) is 27.5. The molecule has 1 aromatic carbocycles. The Morgan fingerprint density at radius 1 is 1.16 bits per heavy atom. The number of likely N-dealkylation sites (N-methyl/N-ethyl adjacent to an activating group) is 1. The molecule has 1 N–H and O–H groups in total. The fourth-order valence-corrected chi connectivity index (χ4v) is 5.44. The van der Waals surface area contributed by atoms with Crippen molar-refractivity contribution in [3.63, 3.8) is 0 Å². The molecular weight excluding hydrogens is 466 g/mol. The number of nitrogens with one attached hydrogen (secondary N) is 1. The van der Waals surface area contributed by atoms with Gasteiger partial charge in [0.2, 0.25) is 0 Å². The third-order valence-electron chi connectivity index (χ3n) is 7.99. The number of amides is 1. The van der Waals surface area contributed by atoms with E-state index in [9.17, 15) is 4.79 Å². The molecule has 2 aromatic rings. The van der Waals surface area contributed by atoms with Crippen LogP contribution >= 0.6 is 0 Å². The minimum Gasteiger partial charge on any atom is -0.379 e. The minimum atomic E-state index is -0.0144. The molecular formula is C29H43N5O3. The third kappa shape index (κ3) is 6.48. The molecule has 0 unspecified atom stereocenters. The molecule has 0 spiro atoms. The lowest BCUT2D eigenvalue weighted by molar-refractivity contribution is -0.0891. The molecule has 202 valence electrons. The van der Waals surface area contributed by atoms with Gasteiger partial charge >= 0.3 is 0 Å². The normalized spacial score (nSPS) is 21.3. The number of anilines is 1. The van der Waals surface area contributed by atoms with Gasteiger partial charge < -0.3 is 19.7 Å². The first-order valence-electron chi connectivity index (χ1n) is 13.5. The van der Waals surface area contributed by atoms with Gasteiger partial charge in [0, 0.05) is 51.0 Å². The van der Waals surface area contributed by atoms with Crippen LogP contribution in [0.4, 0.5) is 5.82 Å². The average molecular weight is 510 g/mol. The van der Waals surface area contributed by atoms with E-state index in [1.807, 2.05) is 11.8 Å². The molecule has 0 radical (unpaired) electrons. The van der Waals surface area contributed by atoms with Crippen LogP contribution in [0, 0.1) is 6.92 Å². The highest BCUT2D eigenvalue weighted by Crippen LogP contribution is 2.26. The number of carbonyl (C=O) groups excluding carboxylic acids is 1. The van der Waals surface area contributed by atoms with E-state index in [4.69, 9.17) is 9.47 Å². The monoisotopic (exact) mass is 509 g/mol. The van der Waals surface area contributed by atoms with Crippen molar-refractivity contribution in [3.05, 3.63) is 53.0 Å². The summed E-state index contributed by atoms with van der Waals surface area (Å²) in [5, 5.41) is 3.40. The molecule has 1 aromatic heterocycles. The van der Waals surface area contributed by atoms with Gasteiger partial charge in [0.25, 0.3) is 5.91 Å². The molecule has 2 fully saturated rings. The Balaban J connectivity index is 1.35. The van der Waals surface area contributed by atoms with Crippen molar-refractivity contribution in [2.45, 2.75) is 77.1 Å². The summed E-state index contributed by atoms with van der Waals surface area (Å²) in [6.45, 7) is 12.1. The number of hydrogen-bond donors (Lipinski definition) is 1. The number of hydrogen-bond acceptors (Lipinski definition) is 7. The Labute approximate surface area is 221 Å². The van der Waals surface area contributed by atoms with E-state index in [1.54, 1.807) is 7.11 Å². The summed E-state index contributed by atoms with van der Waals surface area (Å²) < 4.78 is 11.3. The summed E-state index contributed by atoms with van der Waals surface area (Å²) in [6.07, 6.45) is 4.45. The average Bonchev–Trinajstić information content (AvgIpc) is 2.91. The molecule has 2 atom stereocenters. The van der Waals surface area contributed by atoms with E-state index in [1.165, 1.54) is 17.5 Å². The van der Waals surface area contributed by atoms with E-state index in [0.29, 0.717) is 36.7 Å². The van der Waals surface area contributed by atoms with Gasteiger partial charge in [0.1, 0.15) is 17.8 Å². The van der Waals surface area contributed by atoms with Crippen LogP contribution in [0.5, 0.6) is 0 Å². The Bertz CT molecular complexity index is 1040. The maximum absolute atomic E-state index is 13.4. The van der Waals surface area contributed by atoms with Crippen molar-refractivity contribution >= 4 is 11.7 Å². The Morgan fingerprint density at radius 3 is 2.51 bits per heavy atom. The second kappa shape index (κ2) is 11.9. The number of carbonyl (C=O) groups is 1. The zero-order valence-electron chi connectivity index (χ0n) is 23.3. The quantitative estimate of drug-likeness (QED) is 0.604. The van der Waals surface area contributed by atoms with Crippen molar-refractivity contribution in [3.8, 4) is 0 Å². The summed E-state index contributed by atoms with van der Waals surface area (Å²) in [7, 11) is 3.95. The number of ether oxygens (including phenoxy) is 2. The van der Waals surface area contributed by atoms with Crippen LogP contribution in [0.2, 0.25) is 0 Å². The first-order valence-corrected chi connectivity index (χ1v) is 13.5. The Hall–Kier alpha value is -2.55. The summed E-state index contributed by atoms with van der Waals surface area (Å²) in [5.74, 6) is 0.692. The number of rotatable bonds is 7. The number of benzene rings is 1. The molecule has 2 aliphatic heterocycles. The second-order valence-corrected chi connectivity index (χ2v) is 11.4. The molecule has 37 heavy (non-hydrogen) atoms. The van der Waals surface area contributed by atoms with Gasteiger partial charge in [-0.15, -0.1) is 0 Å². The van der Waals surface area contributed by atoms with E-state index in [0.717, 1.165) is 44.5 Å². The fourth-order valence-electron chi connectivity index (χ4n) is 5.44. The third-order valence-corrected chi connectivity index (χ3v) is 7.99. The van der Waals surface area contributed by atoms with Gasteiger partial charge in [-0.25, -0.2) is 9.97 Å². The van der Waals surface area contributed by atoms with E-state index < -0.39 is 0 Å². The van der Waals surface area contributed by atoms with Crippen molar-refractivity contribution in [1.29, 1.82) is 0 Å². The molecule has 0 bridgehead atoms. The highest BCUT2D eigenvalue weighted by molar-refractivity contribution is 5.94. The number of methoxy groups -OCH3 is 1. The summed E-state index contributed by atoms with van der Waals surface area (Å²) in [4.78, 5) is 26.6. The highest BCUT2D eigenvalue weighted by Gasteiger charge is 2.35. The SMILES string of the molecule is CO[C@@H]1COCC[C@@H]1N(C)C1CCN(C(=O)c2ncnc(NCc3ccc(C(C)(C)C)cc3)c2C)CC1. The molecule has 3 heterocycles. The molecule has 4 rings (SSSR count). The van der Waals surface area contributed by atoms with Gasteiger partial charge in [0.05, 0.1) is 12.7 Å². The van der Waals surface area contributed by atoms with Crippen molar-refractivity contribution in [2.24, 2.45) is 0 Å². The van der Waals surface area contributed by atoms with Gasteiger partial charge in [-0.2, -0.15) is 0 Å². The van der Waals surface area contributed by atoms with Crippen LogP contribution in [0.1, 0.15) is 67.2 Å². The highest BCUT2D eigenvalue weighted by atomic mass is 16.5. The number of nitrogens with zero attached hydrogens (tertiary/aromatic N) is 4. The van der Waals surface area contributed by atoms with Crippen LogP contribution in [-0.4, -0.2) is 84.3 Å². The first-order chi connectivity index (χ1) is 17.7. The van der Waals surface area contributed by atoms with Crippen molar-refractivity contribution in [1.82, 2.24) is 19.8 Å².